The number of carbonyl (C=O) groups is 1. The number of aryl methyl sites for hydroxylation is 2. The summed E-state index contributed by atoms with van der Waals surface area (Å²) < 4.78 is 1.54. The van der Waals surface area contributed by atoms with Crippen molar-refractivity contribution in [3.8, 4) is 5.69 Å². The molecule has 0 spiro atoms. The molecule has 26 heavy (non-hydrogen) atoms. The van der Waals surface area contributed by atoms with Crippen LogP contribution >= 0.6 is 0 Å². The lowest BCUT2D eigenvalue weighted by molar-refractivity contribution is 0.102. The summed E-state index contributed by atoms with van der Waals surface area (Å²) in [5.74, 6) is -0.176. The van der Waals surface area contributed by atoms with Crippen molar-refractivity contribution in [3.05, 3.63) is 71.7 Å². The second-order valence-corrected chi connectivity index (χ2v) is 6.07. The van der Waals surface area contributed by atoms with Gasteiger partial charge in [0.2, 0.25) is 0 Å². The highest BCUT2D eigenvalue weighted by Gasteiger charge is 2.10. The van der Waals surface area contributed by atoms with Gasteiger partial charge in [0.05, 0.1) is 11.2 Å². The molecule has 2 aromatic heterocycles. The maximum Gasteiger partial charge on any atom is 0.255 e. The zero-order chi connectivity index (χ0) is 18.1. The number of aromatic nitrogens is 5. The Kier molecular flexibility index (Phi) is 3.89. The lowest BCUT2D eigenvalue weighted by Crippen LogP contribution is -2.13. The summed E-state index contributed by atoms with van der Waals surface area (Å²) in [6, 6.07) is 15.0. The molecule has 0 aliphatic heterocycles. The van der Waals surface area contributed by atoms with Gasteiger partial charge in [-0.05, 0) is 66.2 Å². The number of nitrogens with zero attached hydrogens (tertiary/aromatic N) is 5. The van der Waals surface area contributed by atoms with E-state index in [-0.39, 0.29) is 5.91 Å². The fraction of sp³-hybridized carbons (Fsp3) is 0.105. The van der Waals surface area contributed by atoms with E-state index in [0.29, 0.717) is 11.3 Å². The minimum Gasteiger partial charge on any atom is -0.322 e. The second kappa shape index (κ2) is 6.36. The number of anilines is 1. The number of carbonyl (C=O) groups excluding carboxylic acids is 1. The van der Waals surface area contributed by atoms with Gasteiger partial charge in [-0.25, -0.2) is 4.68 Å². The monoisotopic (exact) mass is 344 g/mol. The van der Waals surface area contributed by atoms with Crippen LogP contribution in [0, 0.1) is 13.8 Å². The van der Waals surface area contributed by atoms with Crippen molar-refractivity contribution < 1.29 is 4.79 Å². The summed E-state index contributed by atoms with van der Waals surface area (Å²) in [5.41, 5.74) is 4.84. The van der Waals surface area contributed by atoms with E-state index in [1.807, 2.05) is 56.3 Å². The van der Waals surface area contributed by atoms with E-state index >= 15 is 0 Å². The summed E-state index contributed by atoms with van der Waals surface area (Å²) in [7, 11) is 0. The van der Waals surface area contributed by atoms with Crippen molar-refractivity contribution in [2.24, 2.45) is 0 Å². The van der Waals surface area contributed by atoms with Crippen LogP contribution in [-0.4, -0.2) is 31.1 Å². The van der Waals surface area contributed by atoms with E-state index in [1.54, 1.807) is 10.7 Å². The molecule has 0 aliphatic carbocycles. The van der Waals surface area contributed by atoms with Gasteiger partial charge in [0, 0.05) is 22.3 Å². The predicted molar refractivity (Wildman–Crippen MR) is 98.3 cm³/mol. The zero-order valence-corrected chi connectivity index (χ0v) is 14.3. The molecule has 0 saturated heterocycles. The van der Waals surface area contributed by atoms with Crippen LogP contribution in [0.1, 0.15) is 21.6 Å². The molecule has 4 rings (SSSR count). The van der Waals surface area contributed by atoms with E-state index in [4.69, 9.17) is 0 Å². The van der Waals surface area contributed by atoms with Gasteiger partial charge in [-0.15, -0.1) is 5.10 Å². The Labute approximate surface area is 149 Å². The standard InChI is InChI=1S/C19H16N6O/c1-12-3-7-16(25-11-20-23-24-25)10-18(12)22-19(26)15-6-8-17-14(9-15)5-4-13(2)21-17/h3-11H,1-2H3,(H,22,26). The van der Waals surface area contributed by atoms with Crippen molar-refractivity contribution in [3.63, 3.8) is 0 Å². The maximum absolute atomic E-state index is 12.7. The van der Waals surface area contributed by atoms with Crippen LogP contribution in [0.4, 0.5) is 5.69 Å². The number of fused-ring (bicyclic) bond motifs is 1. The Bertz CT molecular complexity index is 1100. The van der Waals surface area contributed by atoms with Gasteiger partial charge < -0.3 is 5.32 Å². The largest absolute Gasteiger partial charge is 0.322 e. The Morgan fingerprint density at radius 3 is 2.73 bits per heavy atom. The van der Waals surface area contributed by atoms with Crippen molar-refractivity contribution in [2.45, 2.75) is 13.8 Å². The van der Waals surface area contributed by atoms with Crippen LogP contribution in [0.2, 0.25) is 0 Å². The van der Waals surface area contributed by atoms with Gasteiger partial charge in [0.1, 0.15) is 6.33 Å². The number of hydrogen-bond acceptors (Lipinski definition) is 5. The van der Waals surface area contributed by atoms with Crippen molar-refractivity contribution in [1.29, 1.82) is 0 Å². The van der Waals surface area contributed by atoms with E-state index < -0.39 is 0 Å². The van der Waals surface area contributed by atoms with Gasteiger partial charge in [-0.3, -0.25) is 9.78 Å². The third kappa shape index (κ3) is 3.02. The Hall–Kier alpha value is -3.61. The Morgan fingerprint density at radius 1 is 1.04 bits per heavy atom. The predicted octanol–water partition coefficient (Wildman–Crippen LogP) is 3.08. The van der Waals surface area contributed by atoms with Crippen molar-refractivity contribution >= 4 is 22.5 Å². The van der Waals surface area contributed by atoms with Gasteiger partial charge in [0.25, 0.3) is 5.91 Å². The number of tetrazole rings is 1. The fourth-order valence-corrected chi connectivity index (χ4v) is 2.73. The molecule has 0 unspecified atom stereocenters. The highest BCUT2D eigenvalue weighted by molar-refractivity contribution is 6.06. The van der Waals surface area contributed by atoms with Crippen LogP contribution < -0.4 is 5.32 Å². The molecular formula is C19H16N6O. The molecule has 0 saturated carbocycles. The number of pyridine rings is 1. The lowest BCUT2D eigenvalue weighted by atomic mass is 10.1. The molecule has 0 atom stereocenters. The van der Waals surface area contributed by atoms with Gasteiger partial charge in [-0.2, -0.15) is 0 Å². The zero-order valence-electron chi connectivity index (χ0n) is 14.3. The first-order chi connectivity index (χ1) is 12.6. The Balaban J connectivity index is 1.64. The van der Waals surface area contributed by atoms with E-state index in [2.05, 4.69) is 25.8 Å². The average Bonchev–Trinajstić information content (AvgIpc) is 3.17. The minimum absolute atomic E-state index is 0.176. The quantitative estimate of drug-likeness (QED) is 0.617. The molecule has 1 amide bonds. The molecule has 0 aliphatic rings. The molecule has 0 fully saturated rings. The number of benzene rings is 2. The SMILES string of the molecule is Cc1ccc2cc(C(=O)Nc3cc(-n4cnnn4)ccc3C)ccc2n1. The van der Waals surface area contributed by atoms with Crippen LogP contribution in [0.15, 0.2) is 54.9 Å². The fourth-order valence-electron chi connectivity index (χ4n) is 2.73. The summed E-state index contributed by atoms with van der Waals surface area (Å²) in [6.45, 7) is 3.88. The van der Waals surface area contributed by atoms with Crippen molar-refractivity contribution in [2.75, 3.05) is 5.32 Å². The Morgan fingerprint density at radius 2 is 1.92 bits per heavy atom. The van der Waals surface area contributed by atoms with Crippen LogP contribution in [0.3, 0.4) is 0 Å². The molecule has 128 valence electrons. The van der Waals surface area contributed by atoms with Crippen LogP contribution in [-0.2, 0) is 0 Å². The first-order valence-corrected chi connectivity index (χ1v) is 8.13. The minimum atomic E-state index is -0.176. The molecule has 2 heterocycles. The van der Waals surface area contributed by atoms with Crippen molar-refractivity contribution in [1.82, 2.24) is 25.2 Å². The van der Waals surface area contributed by atoms with Crippen LogP contribution in [0.5, 0.6) is 0 Å². The molecule has 2 aromatic carbocycles. The lowest BCUT2D eigenvalue weighted by Gasteiger charge is -2.11. The maximum atomic E-state index is 12.7. The first-order valence-electron chi connectivity index (χ1n) is 8.13. The summed E-state index contributed by atoms with van der Waals surface area (Å²) >= 11 is 0. The smallest absolute Gasteiger partial charge is 0.255 e. The highest BCUT2D eigenvalue weighted by atomic mass is 16.1. The second-order valence-electron chi connectivity index (χ2n) is 6.07. The molecule has 7 nitrogen and oxygen atoms in total. The topological polar surface area (TPSA) is 85.6 Å². The normalized spacial score (nSPS) is 10.8. The molecule has 0 radical (unpaired) electrons. The first kappa shape index (κ1) is 15.9. The molecule has 0 bridgehead atoms. The third-order valence-electron chi connectivity index (χ3n) is 4.17. The molecule has 7 heteroatoms. The molecular weight excluding hydrogens is 328 g/mol. The van der Waals surface area contributed by atoms with E-state index in [1.165, 1.54) is 6.33 Å². The third-order valence-corrected chi connectivity index (χ3v) is 4.17. The van der Waals surface area contributed by atoms with Gasteiger partial charge in [-0.1, -0.05) is 12.1 Å². The number of rotatable bonds is 3. The summed E-state index contributed by atoms with van der Waals surface area (Å²) in [5, 5.41) is 15.0. The highest BCUT2D eigenvalue weighted by Crippen LogP contribution is 2.21. The summed E-state index contributed by atoms with van der Waals surface area (Å²) in [4.78, 5) is 17.2. The summed E-state index contributed by atoms with van der Waals surface area (Å²) in [6.07, 6.45) is 1.51. The van der Waals surface area contributed by atoms with Gasteiger partial charge in [0.15, 0.2) is 0 Å². The number of nitrogens with one attached hydrogen (secondary N) is 1. The van der Waals surface area contributed by atoms with Gasteiger partial charge >= 0.3 is 0 Å². The van der Waals surface area contributed by atoms with Crippen LogP contribution in [0.25, 0.3) is 16.6 Å². The average molecular weight is 344 g/mol. The number of amides is 1. The molecule has 1 N–H and O–H groups in total. The molecule has 4 aromatic rings. The van der Waals surface area contributed by atoms with E-state index in [0.717, 1.165) is 27.8 Å². The number of hydrogen-bond donors (Lipinski definition) is 1. The van der Waals surface area contributed by atoms with E-state index in [9.17, 15) is 4.79 Å².